The van der Waals surface area contributed by atoms with Crippen molar-refractivity contribution in [2.75, 3.05) is 12.3 Å². The van der Waals surface area contributed by atoms with Crippen molar-refractivity contribution < 1.29 is 0 Å². The van der Waals surface area contributed by atoms with Gasteiger partial charge in [-0.15, -0.1) is 0 Å². The van der Waals surface area contributed by atoms with Crippen LogP contribution in [-0.2, 0) is 12.2 Å². The molecule has 0 unspecified atom stereocenters. The van der Waals surface area contributed by atoms with Gasteiger partial charge in [0.05, 0.1) is 5.75 Å². The van der Waals surface area contributed by atoms with E-state index >= 15 is 0 Å². The first-order chi connectivity index (χ1) is 7.61. The summed E-state index contributed by atoms with van der Waals surface area (Å²) in [5, 5.41) is 0. The van der Waals surface area contributed by atoms with Gasteiger partial charge in [-0.25, -0.2) is 9.97 Å². The topological polar surface area (TPSA) is 51.8 Å². The molecule has 0 fully saturated rings. The lowest BCUT2D eigenvalue weighted by atomic mass is 10.2. The van der Waals surface area contributed by atoms with Crippen molar-refractivity contribution in [2.24, 2.45) is 11.7 Å². The van der Waals surface area contributed by atoms with Crippen molar-refractivity contribution in [1.29, 1.82) is 0 Å². The van der Waals surface area contributed by atoms with Gasteiger partial charge in [-0.2, -0.15) is 11.8 Å². The van der Waals surface area contributed by atoms with E-state index < -0.39 is 0 Å². The Balaban J connectivity index is 2.58. The Morgan fingerprint density at radius 3 is 2.75 bits per heavy atom. The first-order valence-corrected chi connectivity index (χ1v) is 6.88. The van der Waals surface area contributed by atoms with Crippen LogP contribution in [0, 0.1) is 12.8 Å². The normalized spacial score (nSPS) is 11.1. The summed E-state index contributed by atoms with van der Waals surface area (Å²) >= 11 is 1.89. The largest absolute Gasteiger partial charge is 0.330 e. The smallest absolute Gasteiger partial charge is 0.138 e. The van der Waals surface area contributed by atoms with Crippen LogP contribution in [0.1, 0.15) is 31.1 Å². The zero-order valence-corrected chi connectivity index (χ0v) is 11.2. The molecule has 0 aromatic carbocycles. The minimum absolute atomic E-state index is 0.648. The van der Waals surface area contributed by atoms with E-state index in [1.165, 1.54) is 0 Å². The average molecular weight is 239 g/mol. The van der Waals surface area contributed by atoms with Crippen LogP contribution in [0.3, 0.4) is 0 Å². The second-order valence-electron chi connectivity index (χ2n) is 4.36. The third-order valence-electron chi connectivity index (χ3n) is 2.04. The lowest BCUT2D eigenvalue weighted by Crippen LogP contribution is -2.07. The minimum Gasteiger partial charge on any atom is -0.330 e. The van der Waals surface area contributed by atoms with Crippen LogP contribution >= 0.6 is 11.8 Å². The molecular formula is C12H21N3S. The maximum absolute atomic E-state index is 5.53. The van der Waals surface area contributed by atoms with Gasteiger partial charge in [0.25, 0.3) is 0 Å². The molecule has 90 valence electrons. The fourth-order valence-corrected chi connectivity index (χ4v) is 2.33. The van der Waals surface area contributed by atoms with E-state index in [0.29, 0.717) is 6.54 Å². The Morgan fingerprint density at radius 1 is 1.38 bits per heavy atom. The molecule has 1 aromatic heterocycles. The molecule has 0 bridgehead atoms. The minimum atomic E-state index is 0.648. The number of hydrogen-bond donors (Lipinski definition) is 1. The summed E-state index contributed by atoms with van der Waals surface area (Å²) in [5.41, 5.74) is 7.64. The first kappa shape index (κ1) is 13.5. The number of hydrogen-bond acceptors (Lipinski definition) is 4. The molecule has 1 aromatic rings. The number of aryl methyl sites for hydroxylation is 1. The molecule has 0 saturated heterocycles. The zero-order chi connectivity index (χ0) is 12.0. The molecule has 0 amide bonds. The summed E-state index contributed by atoms with van der Waals surface area (Å²) in [5.74, 6) is 3.72. The van der Waals surface area contributed by atoms with Crippen molar-refractivity contribution in [3.8, 4) is 0 Å². The van der Waals surface area contributed by atoms with Crippen molar-refractivity contribution >= 4 is 11.8 Å². The molecule has 0 atom stereocenters. The molecule has 0 radical (unpaired) electrons. The van der Waals surface area contributed by atoms with Gasteiger partial charge in [0, 0.05) is 17.8 Å². The molecule has 0 saturated carbocycles. The van der Waals surface area contributed by atoms with E-state index in [4.69, 9.17) is 5.73 Å². The first-order valence-electron chi connectivity index (χ1n) is 5.73. The van der Waals surface area contributed by atoms with E-state index in [-0.39, 0.29) is 0 Å². The Labute approximate surface area is 102 Å². The van der Waals surface area contributed by atoms with E-state index in [2.05, 4.69) is 23.8 Å². The van der Waals surface area contributed by atoms with E-state index in [0.717, 1.165) is 41.1 Å². The van der Waals surface area contributed by atoms with Gasteiger partial charge < -0.3 is 5.73 Å². The SMILES string of the molecule is Cc1cc(CCN)nc(CSCC(C)C)n1. The Hall–Kier alpha value is -0.610. The van der Waals surface area contributed by atoms with Crippen LogP contribution in [-0.4, -0.2) is 22.3 Å². The van der Waals surface area contributed by atoms with Crippen LogP contribution in [0.15, 0.2) is 6.07 Å². The summed E-state index contributed by atoms with van der Waals surface area (Å²) < 4.78 is 0. The van der Waals surface area contributed by atoms with Gasteiger partial charge in [0.2, 0.25) is 0 Å². The number of thioether (sulfide) groups is 1. The second-order valence-corrected chi connectivity index (χ2v) is 5.39. The third kappa shape index (κ3) is 4.94. The molecule has 2 N–H and O–H groups in total. The summed E-state index contributed by atoms with van der Waals surface area (Å²) in [6.45, 7) is 7.11. The van der Waals surface area contributed by atoms with Crippen molar-refractivity contribution in [3.63, 3.8) is 0 Å². The molecular weight excluding hydrogens is 218 g/mol. The van der Waals surface area contributed by atoms with Gasteiger partial charge in [-0.05, 0) is 31.2 Å². The van der Waals surface area contributed by atoms with Gasteiger partial charge in [-0.1, -0.05) is 13.8 Å². The monoisotopic (exact) mass is 239 g/mol. The average Bonchev–Trinajstić information content (AvgIpc) is 2.16. The van der Waals surface area contributed by atoms with Crippen molar-refractivity contribution in [3.05, 3.63) is 23.3 Å². The fraction of sp³-hybridized carbons (Fsp3) is 0.667. The van der Waals surface area contributed by atoms with Crippen LogP contribution in [0.5, 0.6) is 0 Å². The predicted octanol–water partition coefficient (Wildman–Crippen LogP) is 2.18. The van der Waals surface area contributed by atoms with E-state index in [1.807, 2.05) is 24.8 Å². The van der Waals surface area contributed by atoms with Gasteiger partial charge in [0.1, 0.15) is 5.82 Å². The van der Waals surface area contributed by atoms with Gasteiger partial charge in [-0.3, -0.25) is 0 Å². The van der Waals surface area contributed by atoms with E-state index in [9.17, 15) is 0 Å². The molecule has 0 aliphatic carbocycles. The van der Waals surface area contributed by atoms with Gasteiger partial charge >= 0.3 is 0 Å². The Kier molecular flexibility index (Phi) is 5.77. The molecule has 0 aliphatic heterocycles. The quantitative estimate of drug-likeness (QED) is 0.826. The number of aromatic nitrogens is 2. The highest BCUT2D eigenvalue weighted by Gasteiger charge is 2.03. The van der Waals surface area contributed by atoms with Crippen LogP contribution in [0.25, 0.3) is 0 Å². The number of rotatable bonds is 6. The Morgan fingerprint density at radius 2 is 2.12 bits per heavy atom. The zero-order valence-electron chi connectivity index (χ0n) is 10.4. The number of nitrogens with two attached hydrogens (primary N) is 1. The molecule has 0 spiro atoms. The molecule has 16 heavy (non-hydrogen) atoms. The summed E-state index contributed by atoms with van der Waals surface area (Å²) in [6, 6.07) is 2.02. The maximum atomic E-state index is 5.53. The van der Waals surface area contributed by atoms with Crippen molar-refractivity contribution in [2.45, 2.75) is 32.9 Å². The summed E-state index contributed by atoms with van der Waals surface area (Å²) in [7, 11) is 0. The molecule has 3 nitrogen and oxygen atoms in total. The van der Waals surface area contributed by atoms with Crippen LogP contribution in [0.2, 0.25) is 0 Å². The molecule has 1 rings (SSSR count). The van der Waals surface area contributed by atoms with Crippen LogP contribution < -0.4 is 5.73 Å². The molecule has 0 aliphatic rings. The highest BCUT2D eigenvalue weighted by atomic mass is 32.2. The highest BCUT2D eigenvalue weighted by Crippen LogP contribution is 2.13. The third-order valence-corrected chi connectivity index (χ3v) is 3.40. The highest BCUT2D eigenvalue weighted by molar-refractivity contribution is 7.98. The standard InChI is InChI=1S/C12H21N3S/c1-9(2)7-16-8-12-14-10(3)6-11(15-12)4-5-13/h6,9H,4-5,7-8,13H2,1-3H3. The van der Waals surface area contributed by atoms with E-state index in [1.54, 1.807) is 0 Å². The van der Waals surface area contributed by atoms with Gasteiger partial charge in [0.15, 0.2) is 0 Å². The fourth-order valence-electron chi connectivity index (χ4n) is 1.43. The van der Waals surface area contributed by atoms with Crippen LogP contribution in [0.4, 0.5) is 0 Å². The summed E-state index contributed by atoms with van der Waals surface area (Å²) in [6.07, 6.45) is 0.838. The molecule has 4 heteroatoms. The predicted molar refractivity (Wildman–Crippen MR) is 70.5 cm³/mol. The lowest BCUT2D eigenvalue weighted by Gasteiger charge is -2.06. The lowest BCUT2D eigenvalue weighted by molar-refractivity contribution is 0.749. The number of nitrogens with zero attached hydrogens (tertiary/aromatic N) is 2. The second kappa shape index (κ2) is 6.86. The molecule has 1 heterocycles. The van der Waals surface area contributed by atoms with Crippen molar-refractivity contribution in [1.82, 2.24) is 9.97 Å². The summed E-state index contributed by atoms with van der Waals surface area (Å²) in [4.78, 5) is 8.95. The maximum Gasteiger partial charge on any atom is 0.138 e. The Bertz CT molecular complexity index is 326.